The van der Waals surface area contributed by atoms with Crippen molar-refractivity contribution < 1.29 is 18.3 Å². The number of hydrogen-bond acceptors (Lipinski definition) is 2. The first kappa shape index (κ1) is 14.3. The lowest BCUT2D eigenvalue weighted by atomic mass is 9.93. The van der Waals surface area contributed by atoms with Crippen molar-refractivity contribution >= 4 is 11.6 Å². The Balaban J connectivity index is 2.84. The Kier molecular flexibility index (Phi) is 4.41. The summed E-state index contributed by atoms with van der Waals surface area (Å²) in [5.74, 6) is 0. The summed E-state index contributed by atoms with van der Waals surface area (Å²) in [5, 5.41) is 12.0. The van der Waals surface area contributed by atoms with E-state index in [0.29, 0.717) is 10.6 Å². The van der Waals surface area contributed by atoms with E-state index in [1.807, 2.05) is 0 Å². The van der Waals surface area contributed by atoms with Gasteiger partial charge in [0.05, 0.1) is 18.7 Å². The maximum atomic E-state index is 12.1. The Morgan fingerprint density at radius 1 is 1.24 bits per heavy atom. The number of halogens is 4. The normalized spacial score (nSPS) is 15.6. The molecule has 0 saturated heterocycles. The number of rotatable bonds is 4. The minimum Gasteiger partial charge on any atom is -0.394 e. The van der Waals surface area contributed by atoms with E-state index in [0.717, 1.165) is 0 Å². The van der Waals surface area contributed by atoms with Crippen molar-refractivity contribution in [3.8, 4) is 0 Å². The number of alkyl halides is 3. The van der Waals surface area contributed by atoms with Crippen LogP contribution in [0.1, 0.15) is 12.5 Å². The van der Waals surface area contributed by atoms with Crippen LogP contribution in [0.3, 0.4) is 0 Å². The van der Waals surface area contributed by atoms with Gasteiger partial charge in [0.25, 0.3) is 0 Å². The Morgan fingerprint density at radius 2 is 1.76 bits per heavy atom. The quantitative estimate of drug-likeness (QED) is 0.879. The third kappa shape index (κ3) is 4.18. The molecule has 1 unspecified atom stereocenters. The summed E-state index contributed by atoms with van der Waals surface area (Å²) in [5.41, 5.74) is -0.589. The van der Waals surface area contributed by atoms with Gasteiger partial charge in [0.15, 0.2) is 0 Å². The van der Waals surface area contributed by atoms with Crippen molar-refractivity contribution in [2.24, 2.45) is 0 Å². The van der Waals surface area contributed by atoms with E-state index in [-0.39, 0.29) is 0 Å². The molecule has 0 saturated carbocycles. The molecular formula is C11H13ClF3NO. The summed E-state index contributed by atoms with van der Waals surface area (Å²) in [6.45, 7) is -0.0978. The Hall–Kier alpha value is -0.780. The van der Waals surface area contributed by atoms with Crippen molar-refractivity contribution in [2.45, 2.75) is 18.6 Å². The van der Waals surface area contributed by atoms with Gasteiger partial charge in [-0.1, -0.05) is 23.7 Å². The number of benzene rings is 1. The Labute approximate surface area is 102 Å². The lowest BCUT2D eigenvalue weighted by Crippen LogP contribution is -2.47. The minimum absolute atomic E-state index is 0.440. The van der Waals surface area contributed by atoms with E-state index in [9.17, 15) is 18.3 Å². The highest BCUT2D eigenvalue weighted by atomic mass is 35.5. The summed E-state index contributed by atoms with van der Waals surface area (Å²) in [6, 6.07) is 6.31. The van der Waals surface area contributed by atoms with Gasteiger partial charge >= 0.3 is 6.18 Å². The molecule has 1 atom stereocenters. The van der Waals surface area contributed by atoms with E-state index in [1.54, 1.807) is 24.3 Å². The molecule has 0 aromatic heterocycles. The number of aliphatic hydroxyl groups is 1. The highest BCUT2D eigenvalue weighted by Crippen LogP contribution is 2.24. The largest absolute Gasteiger partial charge is 0.401 e. The molecule has 1 aromatic carbocycles. The molecule has 1 rings (SSSR count). The summed E-state index contributed by atoms with van der Waals surface area (Å²) in [7, 11) is 0. The maximum absolute atomic E-state index is 12.1. The van der Waals surface area contributed by atoms with Crippen LogP contribution in [0.15, 0.2) is 24.3 Å². The average Bonchev–Trinajstić information content (AvgIpc) is 2.26. The molecule has 0 spiro atoms. The summed E-state index contributed by atoms with van der Waals surface area (Å²) < 4.78 is 36.4. The lowest BCUT2D eigenvalue weighted by molar-refractivity contribution is -0.129. The molecule has 0 heterocycles. The van der Waals surface area contributed by atoms with Crippen molar-refractivity contribution in [2.75, 3.05) is 13.2 Å². The Morgan fingerprint density at radius 3 is 2.18 bits per heavy atom. The number of nitrogens with one attached hydrogen (secondary N) is 1. The third-order valence-electron chi connectivity index (χ3n) is 2.48. The third-order valence-corrected chi connectivity index (χ3v) is 2.73. The van der Waals surface area contributed by atoms with Crippen LogP contribution in [0, 0.1) is 0 Å². The Bertz CT molecular complexity index is 366. The molecule has 0 amide bonds. The van der Waals surface area contributed by atoms with Crippen molar-refractivity contribution in [1.82, 2.24) is 5.32 Å². The maximum Gasteiger partial charge on any atom is 0.401 e. The average molecular weight is 268 g/mol. The van der Waals surface area contributed by atoms with Gasteiger partial charge in [-0.05, 0) is 24.6 Å². The van der Waals surface area contributed by atoms with Gasteiger partial charge in [-0.15, -0.1) is 0 Å². The molecule has 1 aromatic rings. The standard InChI is InChI=1S/C11H13ClF3NO/c1-10(7-17,16-6-11(13,14)15)8-2-4-9(12)5-3-8/h2-5,16-17H,6-7H2,1H3. The number of aliphatic hydroxyl groups excluding tert-OH is 1. The zero-order chi connectivity index (χ0) is 13.1. The van der Waals surface area contributed by atoms with Crippen LogP contribution in [0.2, 0.25) is 5.02 Å². The minimum atomic E-state index is -4.32. The predicted octanol–water partition coefficient (Wildman–Crippen LogP) is 2.70. The fraction of sp³-hybridized carbons (Fsp3) is 0.455. The molecule has 0 fully saturated rings. The first-order valence-electron chi connectivity index (χ1n) is 4.95. The topological polar surface area (TPSA) is 32.3 Å². The van der Waals surface area contributed by atoms with Gasteiger partial charge in [0.2, 0.25) is 0 Å². The molecule has 2 N–H and O–H groups in total. The fourth-order valence-corrected chi connectivity index (χ4v) is 1.49. The zero-order valence-corrected chi connectivity index (χ0v) is 9.94. The SMILES string of the molecule is CC(CO)(NCC(F)(F)F)c1ccc(Cl)cc1. The molecule has 0 aliphatic rings. The van der Waals surface area contributed by atoms with E-state index in [4.69, 9.17) is 11.6 Å². The first-order valence-corrected chi connectivity index (χ1v) is 5.33. The molecule has 17 heavy (non-hydrogen) atoms. The molecule has 6 heteroatoms. The smallest absolute Gasteiger partial charge is 0.394 e. The summed E-state index contributed by atoms with van der Waals surface area (Å²) in [4.78, 5) is 0. The van der Waals surface area contributed by atoms with Crippen LogP contribution < -0.4 is 5.32 Å². The van der Waals surface area contributed by atoms with E-state index in [2.05, 4.69) is 5.32 Å². The molecule has 0 aliphatic carbocycles. The van der Waals surface area contributed by atoms with Gasteiger partial charge in [0.1, 0.15) is 0 Å². The van der Waals surface area contributed by atoms with Gasteiger partial charge in [-0.25, -0.2) is 0 Å². The second-order valence-corrected chi connectivity index (χ2v) is 4.40. The predicted molar refractivity (Wildman–Crippen MR) is 59.9 cm³/mol. The van der Waals surface area contributed by atoms with E-state index < -0.39 is 24.9 Å². The van der Waals surface area contributed by atoms with Crippen molar-refractivity contribution in [3.05, 3.63) is 34.9 Å². The van der Waals surface area contributed by atoms with Crippen LogP contribution in [0.5, 0.6) is 0 Å². The lowest BCUT2D eigenvalue weighted by Gasteiger charge is -2.30. The second kappa shape index (κ2) is 5.25. The van der Waals surface area contributed by atoms with Crippen molar-refractivity contribution in [3.63, 3.8) is 0 Å². The van der Waals surface area contributed by atoms with Crippen LogP contribution >= 0.6 is 11.6 Å². The van der Waals surface area contributed by atoms with Gasteiger partial charge < -0.3 is 5.11 Å². The molecule has 0 bridgehead atoms. The van der Waals surface area contributed by atoms with Crippen LogP contribution in [-0.2, 0) is 5.54 Å². The van der Waals surface area contributed by atoms with Crippen LogP contribution in [-0.4, -0.2) is 24.4 Å². The molecule has 0 aliphatic heterocycles. The molecule has 96 valence electrons. The monoisotopic (exact) mass is 267 g/mol. The first-order chi connectivity index (χ1) is 7.77. The fourth-order valence-electron chi connectivity index (χ4n) is 1.36. The van der Waals surface area contributed by atoms with Gasteiger partial charge in [-0.3, -0.25) is 5.32 Å². The van der Waals surface area contributed by atoms with Crippen LogP contribution in [0.25, 0.3) is 0 Å². The summed E-state index contributed by atoms with van der Waals surface area (Å²) >= 11 is 5.69. The zero-order valence-electron chi connectivity index (χ0n) is 9.18. The van der Waals surface area contributed by atoms with Crippen LogP contribution in [0.4, 0.5) is 13.2 Å². The highest BCUT2D eigenvalue weighted by molar-refractivity contribution is 6.30. The summed E-state index contributed by atoms with van der Waals surface area (Å²) in [6.07, 6.45) is -4.32. The van der Waals surface area contributed by atoms with E-state index in [1.165, 1.54) is 6.92 Å². The molecular weight excluding hydrogens is 255 g/mol. The second-order valence-electron chi connectivity index (χ2n) is 3.97. The molecule has 2 nitrogen and oxygen atoms in total. The highest BCUT2D eigenvalue weighted by Gasteiger charge is 2.33. The molecule has 0 radical (unpaired) electrons. The van der Waals surface area contributed by atoms with Crippen molar-refractivity contribution in [1.29, 1.82) is 0 Å². The van der Waals surface area contributed by atoms with Gasteiger partial charge in [-0.2, -0.15) is 13.2 Å². The van der Waals surface area contributed by atoms with Gasteiger partial charge in [0, 0.05) is 5.02 Å². The number of hydrogen-bond donors (Lipinski definition) is 2. The van der Waals surface area contributed by atoms with E-state index >= 15 is 0 Å².